The third-order valence-electron chi connectivity index (χ3n) is 3.81. The lowest BCUT2D eigenvalue weighted by Crippen LogP contribution is -2.38. The molecule has 0 saturated heterocycles. The summed E-state index contributed by atoms with van der Waals surface area (Å²) in [6.07, 6.45) is 9.79. The third kappa shape index (κ3) is 5.01. The van der Waals surface area contributed by atoms with E-state index in [-0.39, 0.29) is 24.3 Å². The van der Waals surface area contributed by atoms with Gasteiger partial charge in [0.2, 0.25) is 11.8 Å². The van der Waals surface area contributed by atoms with E-state index in [0.717, 1.165) is 44.2 Å². The molecular weight excluding hydrogens is 242 g/mol. The van der Waals surface area contributed by atoms with E-state index in [9.17, 15) is 9.59 Å². The second-order valence-corrected chi connectivity index (χ2v) is 5.50. The van der Waals surface area contributed by atoms with Crippen molar-refractivity contribution in [1.29, 1.82) is 0 Å². The number of amides is 2. The first-order valence-electron chi connectivity index (χ1n) is 7.37. The Morgan fingerprint density at radius 1 is 1.00 bits per heavy atom. The Kier molecular flexibility index (Phi) is 5.36. The Morgan fingerprint density at radius 2 is 1.68 bits per heavy atom. The van der Waals surface area contributed by atoms with Gasteiger partial charge in [0.05, 0.1) is 0 Å². The van der Waals surface area contributed by atoms with Crippen LogP contribution in [0.4, 0.5) is 0 Å². The Labute approximate surface area is 114 Å². The van der Waals surface area contributed by atoms with Crippen molar-refractivity contribution in [3.63, 3.8) is 0 Å². The Bertz CT molecular complexity index is 352. The van der Waals surface area contributed by atoms with Crippen molar-refractivity contribution in [1.82, 2.24) is 10.7 Å². The fraction of sp³-hybridized carbons (Fsp3) is 0.786. The number of rotatable bonds is 4. The first-order valence-corrected chi connectivity index (χ1v) is 7.37. The summed E-state index contributed by atoms with van der Waals surface area (Å²) in [5.74, 6) is -0.497. The summed E-state index contributed by atoms with van der Waals surface area (Å²) in [6.45, 7) is 0. The predicted octanol–water partition coefficient (Wildman–Crippen LogP) is 1.87. The topological polar surface area (TPSA) is 70.6 Å². The molecular formula is C14H23N3O2. The van der Waals surface area contributed by atoms with Crippen molar-refractivity contribution in [3.05, 3.63) is 0 Å². The van der Waals surface area contributed by atoms with E-state index in [0.29, 0.717) is 0 Å². The van der Waals surface area contributed by atoms with Crippen LogP contribution in [-0.2, 0) is 9.59 Å². The van der Waals surface area contributed by atoms with Gasteiger partial charge in [-0.15, -0.1) is 0 Å². The molecule has 0 radical (unpaired) electrons. The summed E-state index contributed by atoms with van der Waals surface area (Å²) in [6, 6.07) is 0.259. The highest BCUT2D eigenvalue weighted by atomic mass is 16.2. The van der Waals surface area contributed by atoms with E-state index in [2.05, 4.69) is 15.8 Å². The maximum Gasteiger partial charge on any atom is 0.249 e. The Hall–Kier alpha value is -1.39. The first-order chi connectivity index (χ1) is 9.24. The number of nitrogens with zero attached hydrogens (tertiary/aromatic N) is 1. The van der Waals surface area contributed by atoms with Crippen molar-refractivity contribution in [3.8, 4) is 0 Å². The lowest BCUT2D eigenvalue weighted by molar-refractivity contribution is -0.129. The van der Waals surface area contributed by atoms with Crippen LogP contribution in [0.15, 0.2) is 5.10 Å². The van der Waals surface area contributed by atoms with Crippen molar-refractivity contribution in [2.75, 3.05) is 0 Å². The fourth-order valence-corrected chi connectivity index (χ4v) is 2.75. The summed E-state index contributed by atoms with van der Waals surface area (Å²) in [5, 5.41) is 6.99. The van der Waals surface area contributed by atoms with E-state index in [4.69, 9.17) is 0 Å². The Morgan fingerprint density at radius 3 is 2.37 bits per heavy atom. The molecule has 0 spiro atoms. The van der Waals surface area contributed by atoms with E-state index < -0.39 is 0 Å². The lowest BCUT2D eigenvalue weighted by Gasteiger charge is -2.22. The summed E-state index contributed by atoms with van der Waals surface area (Å²) >= 11 is 0. The second-order valence-electron chi connectivity index (χ2n) is 5.50. The minimum absolute atomic E-state index is 0.118. The number of nitrogens with one attached hydrogen (secondary N) is 2. The molecule has 0 heterocycles. The second kappa shape index (κ2) is 7.26. The molecule has 2 amide bonds. The van der Waals surface area contributed by atoms with Crippen molar-refractivity contribution in [2.45, 2.75) is 70.3 Å². The first kappa shape index (κ1) is 14.0. The molecule has 2 aliphatic rings. The van der Waals surface area contributed by atoms with E-state index >= 15 is 0 Å². The number of carbonyl (C=O) groups excluding carboxylic acids is 2. The van der Waals surface area contributed by atoms with Gasteiger partial charge < -0.3 is 5.32 Å². The minimum Gasteiger partial charge on any atom is -0.353 e. The zero-order valence-electron chi connectivity index (χ0n) is 11.4. The van der Waals surface area contributed by atoms with E-state index in [1.807, 2.05) is 0 Å². The number of carbonyl (C=O) groups is 2. The van der Waals surface area contributed by atoms with E-state index in [1.165, 1.54) is 19.3 Å². The maximum atomic E-state index is 11.7. The summed E-state index contributed by atoms with van der Waals surface area (Å²) in [7, 11) is 0. The van der Waals surface area contributed by atoms with Crippen LogP contribution in [0.5, 0.6) is 0 Å². The molecule has 2 aliphatic carbocycles. The number of hydrazone groups is 1. The molecule has 2 N–H and O–H groups in total. The lowest BCUT2D eigenvalue weighted by atomic mass is 9.95. The number of hydrogen-bond acceptors (Lipinski definition) is 3. The van der Waals surface area contributed by atoms with Crippen LogP contribution in [0, 0.1) is 0 Å². The molecule has 0 aliphatic heterocycles. The van der Waals surface area contributed by atoms with Gasteiger partial charge in [0.1, 0.15) is 6.42 Å². The quantitative estimate of drug-likeness (QED) is 0.602. The predicted molar refractivity (Wildman–Crippen MR) is 73.7 cm³/mol. The SMILES string of the molecule is O=C(CC(=O)NC1CCCCC1)NN=C1CCCC1. The van der Waals surface area contributed by atoms with Gasteiger partial charge in [-0.3, -0.25) is 9.59 Å². The molecule has 0 aromatic carbocycles. The summed E-state index contributed by atoms with van der Waals surface area (Å²) in [4.78, 5) is 23.3. The highest BCUT2D eigenvalue weighted by Crippen LogP contribution is 2.17. The third-order valence-corrected chi connectivity index (χ3v) is 3.81. The zero-order valence-corrected chi connectivity index (χ0v) is 11.4. The average molecular weight is 265 g/mol. The molecule has 2 saturated carbocycles. The molecule has 0 bridgehead atoms. The van der Waals surface area contributed by atoms with Gasteiger partial charge >= 0.3 is 0 Å². The highest BCUT2D eigenvalue weighted by molar-refractivity contribution is 5.97. The molecule has 0 aromatic rings. The molecule has 0 unspecified atom stereocenters. The van der Waals surface area contributed by atoms with Crippen LogP contribution in [0.3, 0.4) is 0 Å². The molecule has 5 heteroatoms. The fourth-order valence-electron chi connectivity index (χ4n) is 2.75. The summed E-state index contributed by atoms with van der Waals surface area (Å²) < 4.78 is 0. The maximum absolute atomic E-state index is 11.7. The van der Waals surface area contributed by atoms with Gasteiger partial charge in [0.15, 0.2) is 0 Å². The summed E-state index contributed by atoms with van der Waals surface area (Å²) in [5.41, 5.74) is 3.52. The molecule has 2 fully saturated rings. The Balaban J connectivity index is 1.66. The monoisotopic (exact) mass is 265 g/mol. The molecule has 0 atom stereocenters. The van der Waals surface area contributed by atoms with Crippen LogP contribution >= 0.6 is 0 Å². The normalized spacial score (nSPS) is 20.1. The van der Waals surface area contributed by atoms with Crippen LogP contribution in [0.25, 0.3) is 0 Å². The van der Waals surface area contributed by atoms with Crippen LogP contribution < -0.4 is 10.7 Å². The largest absolute Gasteiger partial charge is 0.353 e. The standard InChI is InChI=1S/C14H23N3O2/c18-13(15-11-6-2-1-3-7-11)10-14(19)17-16-12-8-4-5-9-12/h11H,1-10H2,(H,15,18)(H,17,19). The van der Waals surface area contributed by atoms with Crippen LogP contribution in [0.2, 0.25) is 0 Å². The molecule has 0 aromatic heterocycles. The van der Waals surface area contributed by atoms with Crippen molar-refractivity contribution in [2.24, 2.45) is 5.10 Å². The minimum atomic E-state index is -0.312. The molecule has 2 rings (SSSR count). The van der Waals surface area contributed by atoms with Gasteiger partial charge in [-0.1, -0.05) is 19.3 Å². The van der Waals surface area contributed by atoms with Gasteiger partial charge in [-0.2, -0.15) is 5.10 Å². The van der Waals surface area contributed by atoms with Gasteiger partial charge in [-0.25, -0.2) is 5.43 Å². The van der Waals surface area contributed by atoms with Crippen molar-refractivity contribution >= 4 is 17.5 Å². The van der Waals surface area contributed by atoms with Gasteiger partial charge in [0.25, 0.3) is 0 Å². The number of hydrogen-bond donors (Lipinski definition) is 2. The van der Waals surface area contributed by atoms with Gasteiger partial charge in [-0.05, 0) is 38.5 Å². The van der Waals surface area contributed by atoms with Gasteiger partial charge in [0, 0.05) is 11.8 Å². The molecule has 5 nitrogen and oxygen atoms in total. The van der Waals surface area contributed by atoms with E-state index in [1.54, 1.807) is 0 Å². The molecule has 19 heavy (non-hydrogen) atoms. The van der Waals surface area contributed by atoms with Crippen LogP contribution in [-0.4, -0.2) is 23.6 Å². The smallest absolute Gasteiger partial charge is 0.249 e. The average Bonchev–Trinajstić information content (AvgIpc) is 2.90. The van der Waals surface area contributed by atoms with Crippen molar-refractivity contribution < 1.29 is 9.59 Å². The highest BCUT2D eigenvalue weighted by Gasteiger charge is 2.17. The molecule has 106 valence electrons. The zero-order chi connectivity index (χ0) is 13.5. The van der Waals surface area contributed by atoms with Crippen LogP contribution in [0.1, 0.15) is 64.2 Å².